The summed E-state index contributed by atoms with van der Waals surface area (Å²) in [6.07, 6.45) is 6.19. The van der Waals surface area contributed by atoms with Gasteiger partial charge in [-0.1, -0.05) is 45.2 Å². The zero-order valence-electron chi connectivity index (χ0n) is 13.1. The summed E-state index contributed by atoms with van der Waals surface area (Å²) >= 11 is 5.24. The Morgan fingerprint density at radius 2 is 1.91 bits per heavy atom. The van der Waals surface area contributed by atoms with Crippen molar-refractivity contribution in [2.75, 3.05) is 5.73 Å². The van der Waals surface area contributed by atoms with Gasteiger partial charge in [0, 0.05) is 5.56 Å². The number of aromatic nitrogens is 3. The van der Waals surface area contributed by atoms with Gasteiger partial charge in [0.05, 0.1) is 5.69 Å². The van der Waals surface area contributed by atoms with Crippen LogP contribution >= 0.6 is 12.2 Å². The fourth-order valence-electron chi connectivity index (χ4n) is 2.57. The fourth-order valence-corrected chi connectivity index (χ4v) is 2.81. The molecule has 1 aliphatic carbocycles. The van der Waals surface area contributed by atoms with Gasteiger partial charge in [-0.3, -0.25) is 4.57 Å². The molecule has 1 saturated carbocycles. The van der Waals surface area contributed by atoms with Crippen LogP contribution in [-0.2, 0) is 0 Å². The van der Waals surface area contributed by atoms with E-state index in [2.05, 4.69) is 29.4 Å². The molecule has 0 aliphatic heterocycles. The number of nitrogens with two attached hydrogens (primary N) is 1. The zero-order valence-corrected chi connectivity index (χ0v) is 13.9. The first-order chi connectivity index (χ1) is 10.7. The van der Waals surface area contributed by atoms with E-state index in [1.165, 1.54) is 18.4 Å². The lowest BCUT2D eigenvalue weighted by Gasteiger charge is -2.15. The molecule has 0 unspecified atom stereocenters. The summed E-state index contributed by atoms with van der Waals surface area (Å²) in [4.78, 5) is 0. The first kappa shape index (κ1) is 16.2. The molecule has 1 heterocycles. The molecule has 22 heavy (non-hydrogen) atoms. The highest BCUT2D eigenvalue weighted by Gasteiger charge is 2.27. The molecule has 4 nitrogen and oxygen atoms in total. The van der Waals surface area contributed by atoms with Gasteiger partial charge in [0.2, 0.25) is 10.7 Å². The Labute approximate surface area is 136 Å². The number of nitrogen functional groups attached to an aromatic ring is 1. The van der Waals surface area contributed by atoms with E-state index in [4.69, 9.17) is 18.0 Å². The van der Waals surface area contributed by atoms with E-state index in [1.807, 2.05) is 32.1 Å². The smallest absolute Gasteiger partial charge is 0.225 e. The second kappa shape index (κ2) is 6.75. The summed E-state index contributed by atoms with van der Waals surface area (Å²) in [5.41, 5.74) is 10.2. The van der Waals surface area contributed by atoms with E-state index >= 15 is 0 Å². The Balaban J connectivity index is 0.000000847. The maximum absolute atomic E-state index is 5.89. The minimum atomic E-state index is 0.340. The van der Waals surface area contributed by atoms with Gasteiger partial charge in [0.25, 0.3) is 0 Å². The van der Waals surface area contributed by atoms with Crippen molar-refractivity contribution in [2.24, 2.45) is 0 Å². The van der Waals surface area contributed by atoms with Crippen molar-refractivity contribution in [1.29, 1.82) is 0 Å². The third-order valence-electron chi connectivity index (χ3n) is 3.66. The molecule has 0 radical (unpaired) electrons. The highest BCUT2D eigenvalue weighted by atomic mass is 32.1. The first-order valence-corrected chi connectivity index (χ1v) is 7.93. The van der Waals surface area contributed by atoms with E-state index in [-0.39, 0.29) is 0 Å². The fraction of sp³-hybridized carbons (Fsp3) is 0.294. The van der Waals surface area contributed by atoms with Crippen molar-refractivity contribution < 1.29 is 0 Å². The standard InChI is InChI=1S/C15H16N4S.C2H6/c1-3-10-11(4-2)13(8-7-12(10)9-5-6-9)19-14(16)17-18-15(19)20;1-2/h3-4,7-9H,1-2,5-6H2,(H2,16,17)(H,18,20);1-2H3. The van der Waals surface area contributed by atoms with Gasteiger partial charge in [-0.05, 0) is 48.2 Å². The SMILES string of the molecule is C=Cc1c(C2CC2)ccc(-n2c(N)n[nH]c2=S)c1C=C.CC. The first-order valence-electron chi connectivity index (χ1n) is 7.52. The summed E-state index contributed by atoms with van der Waals surface area (Å²) < 4.78 is 2.19. The molecular formula is C17H22N4S. The monoisotopic (exact) mass is 314 g/mol. The van der Waals surface area contributed by atoms with E-state index in [0.29, 0.717) is 16.6 Å². The maximum Gasteiger partial charge on any atom is 0.225 e. The molecule has 1 fully saturated rings. The number of rotatable bonds is 4. The number of hydrogen-bond acceptors (Lipinski definition) is 3. The average Bonchev–Trinajstić information content (AvgIpc) is 3.34. The number of H-pyrrole nitrogens is 1. The quantitative estimate of drug-likeness (QED) is 0.804. The number of benzene rings is 1. The number of anilines is 1. The normalized spacial score (nSPS) is 13.2. The molecule has 3 rings (SSSR count). The van der Waals surface area contributed by atoms with E-state index in [1.54, 1.807) is 4.57 Å². The van der Waals surface area contributed by atoms with Crippen LogP contribution in [0.4, 0.5) is 5.95 Å². The molecule has 0 atom stereocenters. The van der Waals surface area contributed by atoms with Crippen LogP contribution < -0.4 is 5.73 Å². The van der Waals surface area contributed by atoms with Crippen LogP contribution in [0.2, 0.25) is 0 Å². The van der Waals surface area contributed by atoms with Gasteiger partial charge in [-0.2, -0.15) is 0 Å². The number of aromatic amines is 1. The van der Waals surface area contributed by atoms with Crippen molar-refractivity contribution in [3.63, 3.8) is 0 Å². The molecule has 1 aliphatic rings. The largest absolute Gasteiger partial charge is 0.368 e. The van der Waals surface area contributed by atoms with Gasteiger partial charge >= 0.3 is 0 Å². The van der Waals surface area contributed by atoms with Gasteiger partial charge in [0.15, 0.2) is 0 Å². The van der Waals surface area contributed by atoms with Crippen molar-refractivity contribution in [1.82, 2.24) is 14.8 Å². The molecule has 0 amide bonds. The van der Waals surface area contributed by atoms with Crippen molar-refractivity contribution >= 4 is 30.3 Å². The Hall–Kier alpha value is -2.14. The lowest BCUT2D eigenvalue weighted by molar-refractivity contribution is 1.02. The number of hydrogen-bond donors (Lipinski definition) is 2. The molecule has 1 aromatic carbocycles. The number of nitrogens with zero attached hydrogens (tertiary/aromatic N) is 2. The topological polar surface area (TPSA) is 59.6 Å². The summed E-state index contributed by atoms with van der Waals surface area (Å²) in [6.45, 7) is 11.9. The average molecular weight is 314 g/mol. The lowest BCUT2D eigenvalue weighted by atomic mass is 9.96. The highest BCUT2D eigenvalue weighted by molar-refractivity contribution is 7.71. The highest BCUT2D eigenvalue weighted by Crippen LogP contribution is 2.43. The van der Waals surface area contributed by atoms with Gasteiger partial charge < -0.3 is 5.73 Å². The summed E-state index contributed by atoms with van der Waals surface area (Å²) in [5, 5.41) is 6.66. The van der Waals surface area contributed by atoms with Crippen LogP contribution in [0.5, 0.6) is 0 Å². The second-order valence-electron chi connectivity index (χ2n) is 4.91. The maximum atomic E-state index is 5.89. The van der Waals surface area contributed by atoms with Crippen LogP contribution in [-0.4, -0.2) is 14.8 Å². The molecule has 0 bridgehead atoms. The summed E-state index contributed by atoms with van der Waals surface area (Å²) in [5.74, 6) is 0.984. The molecule has 2 aromatic rings. The Morgan fingerprint density at radius 3 is 2.36 bits per heavy atom. The van der Waals surface area contributed by atoms with Crippen LogP contribution in [0.3, 0.4) is 0 Å². The molecule has 0 saturated heterocycles. The summed E-state index contributed by atoms with van der Waals surface area (Å²) in [7, 11) is 0. The van der Waals surface area contributed by atoms with Crippen LogP contribution in [0.1, 0.15) is 49.3 Å². The minimum absolute atomic E-state index is 0.340. The molecule has 5 heteroatoms. The van der Waals surface area contributed by atoms with Crippen LogP contribution in [0.25, 0.3) is 17.8 Å². The third-order valence-corrected chi connectivity index (χ3v) is 3.94. The molecule has 116 valence electrons. The minimum Gasteiger partial charge on any atom is -0.368 e. The molecular weight excluding hydrogens is 292 g/mol. The molecule has 0 spiro atoms. The van der Waals surface area contributed by atoms with Crippen LogP contribution in [0, 0.1) is 4.77 Å². The van der Waals surface area contributed by atoms with Gasteiger partial charge in [-0.25, -0.2) is 5.10 Å². The van der Waals surface area contributed by atoms with Crippen molar-refractivity contribution in [3.05, 3.63) is 46.8 Å². The van der Waals surface area contributed by atoms with Crippen molar-refractivity contribution in [2.45, 2.75) is 32.6 Å². The van der Waals surface area contributed by atoms with Crippen molar-refractivity contribution in [3.8, 4) is 5.69 Å². The Morgan fingerprint density at radius 1 is 1.27 bits per heavy atom. The zero-order chi connectivity index (χ0) is 16.3. The Kier molecular flexibility index (Phi) is 4.98. The number of nitrogens with one attached hydrogen (secondary N) is 1. The lowest BCUT2D eigenvalue weighted by Crippen LogP contribution is -2.05. The van der Waals surface area contributed by atoms with E-state index in [9.17, 15) is 0 Å². The van der Waals surface area contributed by atoms with Gasteiger partial charge in [0.1, 0.15) is 0 Å². The Bertz CT molecular complexity index is 751. The second-order valence-corrected chi connectivity index (χ2v) is 5.29. The van der Waals surface area contributed by atoms with E-state index < -0.39 is 0 Å². The van der Waals surface area contributed by atoms with E-state index in [0.717, 1.165) is 16.8 Å². The molecule has 3 N–H and O–H groups in total. The molecule has 1 aromatic heterocycles. The van der Waals surface area contributed by atoms with Crippen LogP contribution in [0.15, 0.2) is 25.3 Å². The predicted octanol–water partition coefficient (Wildman–Crippen LogP) is 4.70. The third kappa shape index (κ3) is 2.76. The summed E-state index contributed by atoms with van der Waals surface area (Å²) in [6, 6.07) is 4.16. The van der Waals surface area contributed by atoms with Gasteiger partial charge in [-0.15, -0.1) is 5.10 Å². The predicted molar refractivity (Wildman–Crippen MR) is 96.7 cm³/mol.